The van der Waals surface area contributed by atoms with Crippen LogP contribution in [-0.2, 0) is 4.79 Å². The Morgan fingerprint density at radius 3 is 2.64 bits per heavy atom. The van der Waals surface area contributed by atoms with Crippen LogP contribution in [0.5, 0.6) is 0 Å². The van der Waals surface area contributed by atoms with Crippen molar-refractivity contribution in [1.82, 2.24) is 10.6 Å². The van der Waals surface area contributed by atoms with Crippen LogP contribution in [0.1, 0.15) is 38.5 Å². The Balaban J connectivity index is 1.72. The maximum absolute atomic E-state index is 10.9. The normalized spacial score (nSPS) is 15.5. The van der Waals surface area contributed by atoms with E-state index in [1.807, 2.05) is 0 Å². The summed E-state index contributed by atoms with van der Waals surface area (Å²) in [4.78, 5) is 10.9. The smallest absolute Gasteiger partial charge is 0.219 e. The molecule has 0 aromatic carbocycles. The molecule has 14 heavy (non-hydrogen) atoms. The van der Waals surface area contributed by atoms with E-state index in [1.165, 1.54) is 25.7 Å². The summed E-state index contributed by atoms with van der Waals surface area (Å²) in [5.41, 5.74) is 0. The monoisotopic (exact) mass is 198 g/mol. The fourth-order valence-corrected chi connectivity index (χ4v) is 1.55. The quantitative estimate of drug-likeness (QED) is 0.577. The molecule has 1 rings (SSSR count). The molecular weight excluding hydrogens is 176 g/mol. The highest BCUT2D eigenvalue weighted by Crippen LogP contribution is 2.33. The van der Waals surface area contributed by atoms with Crippen molar-refractivity contribution in [3.05, 3.63) is 0 Å². The van der Waals surface area contributed by atoms with Gasteiger partial charge in [0, 0.05) is 13.5 Å². The third-order valence-corrected chi connectivity index (χ3v) is 2.70. The lowest BCUT2D eigenvalue weighted by atomic mass is 10.2. The molecule has 0 spiro atoms. The standard InChI is InChI=1S/C11H22N2O/c1-12-11(14)5-3-9-13-8-2-4-10-6-7-10/h10,13H,2-9H2,1H3,(H,12,14). The van der Waals surface area contributed by atoms with Crippen LogP contribution in [0.4, 0.5) is 0 Å². The molecule has 2 N–H and O–H groups in total. The van der Waals surface area contributed by atoms with Crippen molar-refractivity contribution in [1.29, 1.82) is 0 Å². The van der Waals surface area contributed by atoms with Crippen molar-refractivity contribution in [3.63, 3.8) is 0 Å². The number of amides is 1. The second-order valence-electron chi connectivity index (χ2n) is 4.11. The largest absolute Gasteiger partial charge is 0.359 e. The second kappa shape index (κ2) is 6.82. The molecule has 0 atom stereocenters. The summed E-state index contributed by atoms with van der Waals surface area (Å²) < 4.78 is 0. The summed E-state index contributed by atoms with van der Waals surface area (Å²) >= 11 is 0. The molecule has 1 aliphatic rings. The van der Waals surface area contributed by atoms with E-state index >= 15 is 0 Å². The van der Waals surface area contributed by atoms with Gasteiger partial charge in [-0.15, -0.1) is 0 Å². The van der Waals surface area contributed by atoms with E-state index in [1.54, 1.807) is 7.05 Å². The zero-order valence-corrected chi connectivity index (χ0v) is 9.14. The van der Waals surface area contributed by atoms with Crippen LogP contribution in [0.3, 0.4) is 0 Å². The third kappa shape index (κ3) is 5.97. The highest BCUT2D eigenvalue weighted by Gasteiger charge is 2.19. The molecule has 0 aromatic heterocycles. The summed E-state index contributed by atoms with van der Waals surface area (Å²) in [6.07, 6.45) is 7.19. The van der Waals surface area contributed by atoms with Crippen LogP contribution in [-0.4, -0.2) is 26.0 Å². The van der Waals surface area contributed by atoms with Crippen LogP contribution >= 0.6 is 0 Å². The molecule has 0 unspecified atom stereocenters. The van der Waals surface area contributed by atoms with Crippen LogP contribution in [0, 0.1) is 5.92 Å². The van der Waals surface area contributed by atoms with Crippen molar-refractivity contribution in [2.75, 3.05) is 20.1 Å². The van der Waals surface area contributed by atoms with Crippen LogP contribution in [0.25, 0.3) is 0 Å². The van der Waals surface area contributed by atoms with Gasteiger partial charge in [-0.2, -0.15) is 0 Å². The molecule has 1 amide bonds. The van der Waals surface area contributed by atoms with E-state index in [0.29, 0.717) is 6.42 Å². The summed E-state index contributed by atoms with van der Waals surface area (Å²) in [6, 6.07) is 0. The molecule has 0 radical (unpaired) electrons. The van der Waals surface area contributed by atoms with E-state index in [2.05, 4.69) is 10.6 Å². The lowest BCUT2D eigenvalue weighted by molar-refractivity contribution is -0.120. The van der Waals surface area contributed by atoms with E-state index in [4.69, 9.17) is 0 Å². The number of carbonyl (C=O) groups is 1. The highest BCUT2D eigenvalue weighted by molar-refractivity contribution is 5.75. The molecule has 0 saturated heterocycles. The first kappa shape index (κ1) is 11.5. The zero-order chi connectivity index (χ0) is 10.2. The van der Waals surface area contributed by atoms with Crippen molar-refractivity contribution in [2.45, 2.75) is 38.5 Å². The molecule has 3 heteroatoms. The average Bonchev–Trinajstić information content (AvgIpc) is 2.99. The van der Waals surface area contributed by atoms with Crippen molar-refractivity contribution in [3.8, 4) is 0 Å². The Hall–Kier alpha value is -0.570. The van der Waals surface area contributed by atoms with Gasteiger partial charge in [0.2, 0.25) is 5.91 Å². The molecule has 0 aromatic rings. The first-order chi connectivity index (χ1) is 6.83. The van der Waals surface area contributed by atoms with Gasteiger partial charge >= 0.3 is 0 Å². The third-order valence-electron chi connectivity index (χ3n) is 2.70. The van der Waals surface area contributed by atoms with Gasteiger partial charge < -0.3 is 10.6 Å². The number of hydrogen-bond donors (Lipinski definition) is 2. The van der Waals surface area contributed by atoms with Crippen molar-refractivity contribution in [2.24, 2.45) is 5.92 Å². The molecule has 0 aliphatic heterocycles. The molecule has 3 nitrogen and oxygen atoms in total. The van der Waals surface area contributed by atoms with Crippen molar-refractivity contribution >= 4 is 5.91 Å². The molecular formula is C11H22N2O. The number of rotatable bonds is 8. The van der Waals surface area contributed by atoms with E-state index in [9.17, 15) is 4.79 Å². The minimum atomic E-state index is 0.143. The van der Waals surface area contributed by atoms with Gasteiger partial charge in [0.1, 0.15) is 0 Å². The Morgan fingerprint density at radius 2 is 2.00 bits per heavy atom. The number of nitrogens with one attached hydrogen (secondary N) is 2. The fourth-order valence-electron chi connectivity index (χ4n) is 1.55. The molecule has 1 saturated carbocycles. The minimum Gasteiger partial charge on any atom is -0.359 e. The minimum absolute atomic E-state index is 0.143. The zero-order valence-electron chi connectivity index (χ0n) is 9.14. The Bertz CT molecular complexity index is 167. The van der Waals surface area contributed by atoms with Gasteiger partial charge in [0.25, 0.3) is 0 Å². The lowest BCUT2D eigenvalue weighted by Crippen LogP contribution is -2.21. The van der Waals surface area contributed by atoms with Gasteiger partial charge in [0.15, 0.2) is 0 Å². The van der Waals surface area contributed by atoms with Crippen LogP contribution in [0.2, 0.25) is 0 Å². The summed E-state index contributed by atoms with van der Waals surface area (Å²) in [6.45, 7) is 2.09. The molecule has 1 aliphatic carbocycles. The maximum Gasteiger partial charge on any atom is 0.219 e. The van der Waals surface area contributed by atoms with Gasteiger partial charge in [-0.05, 0) is 38.3 Å². The van der Waals surface area contributed by atoms with Gasteiger partial charge in [-0.3, -0.25) is 4.79 Å². The topological polar surface area (TPSA) is 41.1 Å². The summed E-state index contributed by atoms with van der Waals surface area (Å²) in [5, 5.41) is 5.99. The SMILES string of the molecule is CNC(=O)CCCNCCCC1CC1. The predicted molar refractivity (Wildman–Crippen MR) is 58.1 cm³/mol. The Kier molecular flexibility index (Phi) is 5.60. The molecule has 1 fully saturated rings. The highest BCUT2D eigenvalue weighted by atomic mass is 16.1. The van der Waals surface area contributed by atoms with Crippen LogP contribution in [0.15, 0.2) is 0 Å². The first-order valence-corrected chi connectivity index (χ1v) is 5.74. The number of hydrogen-bond acceptors (Lipinski definition) is 2. The fraction of sp³-hybridized carbons (Fsp3) is 0.909. The van der Waals surface area contributed by atoms with Gasteiger partial charge in [-0.1, -0.05) is 12.8 Å². The predicted octanol–water partition coefficient (Wildman–Crippen LogP) is 1.29. The first-order valence-electron chi connectivity index (χ1n) is 5.74. The number of carbonyl (C=O) groups excluding carboxylic acids is 1. The molecule has 0 bridgehead atoms. The lowest BCUT2D eigenvalue weighted by Gasteiger charge is -2.03. The van der Waals surface area contributed by atoms with Crippen LogP contribution < -0.4 is 10.6 Å². The van der Waals surface area contributed by atoms with Crippen molar-refractivity contribution < 1.29 is 4.79 Å². The summed E-state index contributed by atoms with van der Waals surface area (Å²) in [7, 11) is 1.69. The molecule has 82 valence electrons. The average molecular weight is 198 g/mol. The van der Waals surface area contributed by atoms with Gasteiger partial charge in [0.05, 0.1) is 0 Å². The van der Waals surface area contributed by atoms with E-state index < -0.39 is 0 Å². The van der Waals surface area contributed by atoms with Gasteiger partial charge in [-0.25, -0.2) is 0 Å². The molecule has 0 heterocycles. The van der Waals surface area contributed by atoms with E-state index in [-0.39, 0.29) is 5.91 Å². The Labute approximate surface area is 86.6 Å². The second-order valence-corrected chi connectivity index (χ2v) is 4.11. The Morgan fingerprint density at radius 1 is 1.29 bits per heavy atom. The summed E-state index contributed by atoms with van der Waals surface area (Å²) in [5.74, 6) is 1.19. The maximum atomic E-state index is 10.9. The van der Waals surface area contributed by atoms with E-state index in [0.717, 1.165) is 25.4 Å².